The van der Waals surface area contributed by atoms with E-state index in [0.717, 1.165) is 0 Å². The Balaban J connectivity index is 0.000000810. The van der Waals surface area contributed by atoms with Crippen molar-refractivity contribution in [1.29, 1.82) is 0 Å². The maximum Gasteiger partial charge on any atom is 0.268 e. The topological polar surface area (TPSA) is 12.0 Å². The van der Waals surface area contributed by atoms with Gasteiger partial charge in [0.15, 0.2) is 0 Å². The molecule has 4 heteroatoms. The zero-order valence-corrected chi connectivity index (χ0v) is 6.05. The van der Waals surface area contributed by atoms with Crippen LogP contribution in [0.5, 0.6) is 0 Å². The Morgan fingerprint density at radius 1 is 1.60 bits per heavy atom. The second kappa shape index (κ2) is 3.07. The molecule has 0 radical (unpaired) electrons. The number of hydrogen-bond donors (Lipinski definition) is 1. The van der Waals surface area contributed by atoms with Gasteiger partial charge in [0.05, 0.1) is 6.04 Å². The second-order valence-corrected chi connectivity index (χ2v) is 2.14. The molecule has 0 aromatic rings. The summed E-state index contributed by atoms with van der Waals surface area (Å²) < 4.78 is 24.5. The van der Waals surface area contributed by atoms with Crippen LogP contribution in [-0.2, 0) is 0 Å². The first-order chi connectivity index (χ1) is 4.17. The molecule has 1 N–H and O–H groups in total. The van der Waals surface area contributed by atoms with Crippen LogP contribution in [0.2, 0.25) is 0 Å². The largest absolute Gasteiger partial charge is 0.337 e. The number of terminal acetylenes is 1. The summed E-state index contributed by atoms with van der Waals surface area (Å²) in [7, 11) is 0. The fourth-order valence-corrected chi connectivity index (χ4v) is 0.785. The first-order valence-electron chi connectivity index (χ1n) is 2.76. The Hall–Kier alpha value is -0.490. The van der Waals surface area contributed by atoms with Gasteiger partial charge in [0.25, 0.3) is 5.92 Å². The Kier molecular flexibility index (Phi) is 2.92. The highest BCUT2D eigenvalue weighted by Crippen LogP contribution is 2.37. The summed E-state index contributed by atoms with van der Waals surface area (Å²) in [4.78, 5) is 0. The van der Waals surface area contributed by atoms with Crippen molar-refractivity contribution in [1.82, 2.24) is 5.32 Å². The van der Waals surface area contributed by atoms with Crippen molar-refractivity contribution >= 4 is 12.4 Å². The normalized spacial score (nSPS) is 27.1. The van der Waals surface area contributed by atoms with Gasteiger partial charge >= 0.3 is 0 Å². The molecule has 10 heavy (non-hydrogen) atoms. The summed E-state index contributed by atoms with van der Waals surface area (Å²) in [5.74, 6) is -2.56. The van der Waals surface area contributed by atoms with Crippen LogP contribution in [0.15, 0.2) is 0 Å². The van der Waals surface area contributed by atoms with Gasteiger partial charge in [-0.25, -0.2) is 8.78 Å². The van der Waals surface area contributed by atoms with Crippen LogP contribution in [0.1, 0.15) is 12.8 Å². The van der Waals surface area contributed by atoms with Crippen LogP contribution < -0.4 is 5.32 Å². The van der Waals surface area contributed by atoms with E-state index in [2.05, 4.69) is 5.32 Å². The van der Waals surface area contributed by atoms with Crippen molar-refractivity contribution in [3.8, 4) is 12.5 Å². The van der Waals surface area contributed by atoms with Gasteiger partial charge in [-0.3, -0.25) is 0 Å². The van der Waals surface area contributed by atoms with Crippen molar-refractivity contribution in [2.45, 2.75) is 24.8 Å². The Morgan fingerprint density at radius 3 is 2.30 bits per heavy atom. The molecule has 0 heterocycles. The summed E-state index contributed by atoms with van der Waals surface area (Å²) in [5, 5.41) is 2.25. The first kappa shape index (κ1) is 9.51. The van der Waals surface area contributed by atoms with E-state index in [0.29, 0.717) is 6.42 Å². The van der Waals surface area contributed by atoms with E-state index in [1.54, 1.807) is 0 Å². The van der Waals surface area contributed by atoms with E-state index in [1.165, 1.54) is 0 Å². The molecule has 1 aliphatic carbocycles. The summed E-state index contributed by atoms with van der Waals surface area (Å²) in [6.07, 6.45) is 5.21. The van der Waals surface area contributed by atoms with Gasteiger partial charge in [0, 0.05) is 12.5 Å². The number of halogens is 3. The Labute approximate surface area is 64.6 Å². The molecule has 0 saturated heterocycles. The van der Waals surface area contributed by atoms with E-state index in [4.69, 9.17) is 6.42 Å². The van der Waals surface area contributed by atoms with Crippen LogP contribution in [0, 0.1) is 12.5 Å². The van der Waals surface area contributed by atoms with E-state index in [1.807, 2.05) is 6.04 Å². The van der Waals surface area contributed by atoms with Gasteiger partial charge in [-0.15, -0.1) is 12.4 Å². The lowest BCUT2D eigenvalue weighted by molar-refractivity contribution is -0.100. The third-order valence-corrected chi connectivity index (χ3v) is 1.53. The molecule has 0 bridgehead atoms. The standard InChI is InChI=1S/C6H7F2N.ClH/c1-2-9-5-3-4-6(5,7)8;/h1,5,9H,3-4H2;1H. The monoisotopic (exact) mass is 167 g/mol. The average molecular weight is 168 g/mol. The lowest BCUT2D eigenvalue weighted by atomic mass is 9.88. The number of rotatable bonds is 1. The molecule has 1 fully saturated rings. The molecule has 0 aliphatic heterocycles. The van der Waals surface area contributed by atoms with Crippen LogP contribution in [0.4, 0.5) is 8.78 Å². The lowest BCUT2D eigenvalue weighted by Crippen LogP contribution is -2.51. The highest BCUT2D eigenvalue weighted by Gasteiger charge is 2.47. The molecular formula is C6H8ClF2N. The van der Waals surface area contributed by atoms with Crippen molar-refractivity contribution < 1.29 is 8.78 Å². The van der Waals surface area contributed by atoms with Crippen LogP contribution in [0.3, 0.4) is 0 Å². The summed E-state index contributed by atoms with van der Waals surface area (Å²) >= 11 is 0. The minimum atomic E-state index is -2.56. The van der Waals surface area contributed by atoms with Gasteiger partial charge in [-0.05, 0) is 6.42 Å². The third kappa shape index (κ3) is 1.51. The molecule has 1 saturated carbocycles. The van der Waals surface area contributed by atoms with Crippen LogP contribution in [-0.4, -0.2) is 12.0 Å². The zero-order valence-electron chi connectivity index (χ0n) is 5.23. The minimum Gasteiger partial charge on any atom is -0.337 e. The first-order valence-corrected chi connectivity index (χ1v) is 2.76. The molecule has 0 aromatic carbocycles. The summed E-state index contributed by atoms with van der Waals surface area (Å²) in [5.41, 5.74) is 0. The van der Waals surface area contributed by atoms with Crippen LogP contribution in [0.25, 0.3) is 0 Å². The molecule has 1 atom stereocenters. The fraction of sp³-hybridized carbons (Fsp3) is 0.667. The van der Waals surface area contributed by atoms with E-state index < -0.39 is 12.0 Å². The van der Waals surface area contributed by atoms with E-state index >= 15 is 0 Å². The van der Waals surface area contributed by atoms with Crippen LogP contribution >= 0.6 is 12.4 Å². The van der Waals surface area contributed by atoms with Crippen molar-refractivity contribution in [3.63, 3.8) is 0 Å². The Morgan fingerprint density at radius 2 is 2.20 bits per heavy atom. The average Bonchev–Trinajstić information content (AvgIpc) is 1.81. The molecule has 1 nitrogen and oxygen atoms in total. The molecule has 0 aromatic heterocycles. The van der Waals surface area contributed by atoms with Crippen molar-refractivity contribution in [2.75, 3.05) is 0 Å². The van der Waals surface area contributed by atoms with Crippen molar-refractivity contribution in [3.05, 3.63) is 0 Å². The highest BCUT2D eigenvalue weighted by molar-refractivity contribution is 5.85. The molecule has 0 spiro atoms. The molecule has 1 rings (SSSR count). The molecule has 1 aliphatic rings. The molecule has 1 unspecified atom stereocenters. The predicted octanol–water partition coefficient (Wildman–Crippen LogP) is 1.39. The number of nitrogens with one attached hydrogen (secondary N) is 1. The molecule has 58 valence electrons. The maximum atomic E-state index is 12.2. The van der Waals surface area contributed by atoms with Gasteiger partial charge in [0.1, 0.15) is 0 Å². The fourth-order valence-electron chi connectivity index (χ4n) is 0.785. The zero-order chi connectivity index (χ0) is 6.91. The summed E-state index contributed by atoms with van der Waals surface area (Å²) in [6, 6.07) is 1.22. The lowest BCUT2D eigenvalue weighted by Gasteiger charge is -2.35. The van der Waals surface area contributed by atoms with E-state index in [9.17, 15) is 8.78 Å². The van der Waals surface area contributed by atoms with Gasteiger partial charge in [-0.2, -0.15) is 0 Å². The maximum absolute atomic E-state index is 12.2. The van der Waals surface area contributed by atoms with E-state index in [-0.39, 0.29) is 18.8 Å². The highest BCUT2D eigenvalue weighted by atomic mass is 35.5. The van der Waals surface area contributed by atoms with Gasteiger partial charge in [-0.1, -0.05) is 6.42 Å². The molecular weight excluding hydrogens is 160 g/mol. The number of alkyl halides is 2. The third-order valence-electron chi connectivity index (χ3n) is 1.53. The smallest absolute Gasteiger partial charge is 0.268 e. The molecule has 0 amide bonds. The Bertz CT molecular complexity index is 152. The van der Waals surface area contributed by atoms with Gasteiger partial charge in [0.2, 0.25) is 0 Å². The SMILES string of the molecule is C#CNC1CCC1(F)F.Cl. The van der Waals surface area contributed by atoms with Crippen molar-refractivity contribution in [2.24, 2.45) is 0 Å². The quantitative estimate of drug-likeness (QED) is 0.460. The summed E-state index contributed by atoms with van der Waals surface area (Å²) in [6.45, 7) is 0. The minimum absolute atomic E-state index is 0. The predicted molar refractivity (Wildman–Crippen MR) is 37.2 cm³/mol. The second-order valence-electron chi connectivity index (χ2n) is 2.14. The number of hydrogen-bond acceptors (Lipinski definition) is 1. The van der Waals surface area contributed by atoms with Gasteiger partial charge < -0.3 is 5.32 Å².